The van der Waals surface area contributed by atoms with Crippen molar-refractivity contribution in [2.45, 2.75) is 38.0 Å². The summed E-state index contributed by atoms with van der Waals surface area (Å²) in [6.45, 7) is 6.79. The number of benzene rings is 1. The molecule has 1 aromatic carbocycles. The summed E-state index contributed by atoms with van der Waals surface area (Å²) in [5.41, 5.74) is 6.26. The molecule has 4 nitrogen and oxygen atoms in total. The maximum Gasteiger partial charge on any atom is 0.131 e. The number of morpholine rings is 1. The maximum absolute atomic E-state index is 9.45. The number of hydrogen-bond acceptors (Lipinski definition) is 4. The lowest BCUT2D eigenvalue weighted by Gasteiger charge is -2.36. The van der Waals surface area contributed by atoms with Crippen LogP contribution in [0.3, 0.4) is 0 Å². The first-order chi connectivity index (χ1) is 9.53. The predicted octanol–water partition coefficient (Wildman–Crippen LogP) is 1.86. The van der Waals surface area contributed by atoms with E-state index >= 15 is 0 Å². The van der Waals surface area contributed by atoms with Crippen LogP contribution in [-0.4, -0.2) is 36.7 Å². The number of ether oxygens (including phenoxy) is 1. The van der Waals surface area contributed by atoms with Gasteiger partial charge in [-0.1, -0.05) is 30.3 Å². The first-order valence-electron chi connectivity index (χ1n) is 7.17. The first-order valence-corrected chi connectivity index (χ1v) is 7.17. The fourth-order valence-electron chi connectivity index (χ4n) is 2.80. The Kier molecular flexibility index (Phi) is 4.77. The van der Waals surface area contributed by atoms with Crippen LogP contribution < -0.4 is 5.73 Å². The molecule has 0 aliphatic carbocycles. The second kappa shape index (κ2) is 6.36. The summed E-state index contributed by atoms with van der Waals surface area (Å²) >= 11 is 0. The summed E-state index contributed by atoms with van der Waals surface area (Å²) in [4.78, 5) is 2.33. The zero-order chi connectivity index (χ0) is 14.6. The zero-order valence-corrected chi connectivity index (χ0v) is 12.2. The van der Waals surface area contributed by atoms with Gasteiger partial charge in [0.25, 0.3) is 0 Å². The zero-order valence-electron chi connectivity index (χ0n) is 12.2. The molecule has 2 N–H and O–H groups in total. The van der Waals surface area contributed by atoms with Gasteiger partial charge in [0.2, 0.25) is 0 Å². The van der Waals surface area contributed by atoms with Crippen molar-refractivity contribution in [3.05, 3.63) is 35.9 Å². The molecule has 0 aromatic heterocycles. The smallest absolute Gasteiger partial charge is 0.131 e. The molecule has 3 atom stereocenters. The van der Waals surface area contributed by atoms with Crippen LogP contribution in [-0.2, 0) is 10.3 Å². The molecule has 1 unspecified atom stereocenters. The standard InChI is InChI=1S/C16H23N3O/c1-13-10-19(11-14(2)20-13)9-8-16(18,12-17)15-6-4-3-5-7-15/h3-7,13-14H,8-11,18H2,1-2H3/t13-,14+,16?. The van der Waals surface area contributed by atoms with E-state index in [1.165, 1.54) is 0 Å². The van der Waals surface area contributed by atoms with E-state index in [0.29, 0.717) is 6.42 Å². The average molecular weight is 273 g/mol. The third-order valence-electron chi connectivity index (χ3n) is 3.81. The number of nitriles is 1. The van der Waals surface area contributed by atoms with Gasteiger partial charge in [-0.05, 0) is 25.8 Å². The van der Waals surface area contributed by atoms with Crippen LogP contribution in [0.25, 0.3) is 0 Å². The second-order valence-electron chi connectivity index (χ2n) is 5.72. The molecule has 20 heavy (non-hydrogen) atoms. The molecule has 1 heterocycles. The Balaban J connectivity index is 1.99. The van der Waals surface area contributed by atoms with Crippen molar-refractivity contribution in [2.75, 3.05) is 19.6 Å². The van der Waals surface area contributed by atoms with Crippen LogP contribution in [0.5, 0.6) is 0 Å². The fourth-order valence-corrected chi connectivity index (χ4v) is 2.80. The molecule has 0 spiro atoms. The van der Waals surface area contributed by atoms with E-state index in [1.54, 1.807) is 0 Å². The topological polar surface area (TPSA) is 62.3 Å². The highest BCUT2D eigenvalue weighted by Crippen LogP contribution is 2.22. The van der Waals surface area contributed by atoms with Gasteiger partial charge in [0.05, 0.1) is 18.3 Å². The van der Waals surface area contributed by atoms with Gasteiger partial charge in [-0.25, -0.2) is 0 Å². The normalized spacial score (nSPS) is 26.7. The van der Waals surface area contributed by atoms with Crippen molar-refractivity contribution in [1.82, 2.24) is 4.90 Å². The van der Waals surface area contributed by atoms with E-state index in [0.717, 1.165) is 25.2 Å². The molecule has 1 saturated heterocycles. The van der Waals surface area contributed by atoms with Crippen molar-refractivity contribution in [3.8, 4) is 6.07 Å². The van der Waals surface area contributed by atoms with Gasteiger partial charge in [0, 0.05) is 19.6 Å². The minimum absolute atomic E-state index is 0.240. The van der Waals surface area contributed by atoms with Crippen molar-refractivity contribution in [1.29, 1.82) is 5.26 Å². The third-order valence-corrected chi connectivity index (χ3v) is 3.81. The summed E-state index contributed by atoms with van der Waals surface area (Å²) in [6.07, 6.45) is 1.11. The quantitative estimate of drug-likeness (QED) is 0.909. The molecule has 0 bridgehead atoms. The predicted molar refractivity (Wildman–Crippen MR) is 79.0 cm³/mol. The van der Waals surface area contributed by atoms with Crippen molar-refractivity contribution >= 4 is 0 Å². The minimum atomic E-state index is -0.911. The van der Waals surface area contributed by atoms with Crippen LogP contribution >= 0.6 is 0 Å². The van der Waals surface area contributed by atoms with Gasteiger partial charge < -0.3 is 10.5 Å². The van der Waals surface area contributed by atoms with Gasteiger partial charge in [-0.2, -0.15) is 5.26 Å². The van der Waals surface area contributed by atoms with Crippen LogP contribution in [0.4, 0.5) is 0 Å². The largest absolute Gasteiger partial charge is 0.373 e. The first kappa shape index (κ1) is 15.0. The number of nitrogens with two attached hydrogens (primary N) is 1. The molecule has 0 amide bonds. The third kappa shape index (κ3) is 3.57. The molecule has 108 valence electrons. The molecular weight excluding hydrogens is 250 g/mol. The Labute approximate surface area is 121 Å². The average Bonchev–Trinajstić information content (AvgIpc) is 2.45. The van der Waals surface area contributed by atoms with E-state index in [2.05, 4.69) is 24.8 Å². The molecule has 4 heteroatoms. The van der Waals surface area contributed by atoms with Gasteiger partial charge >= 0.3 is 0 Å². The van der Waals surface area contributed by atoms with Crippen molar-refractivity contribution < 1.29 is 4.74 Å². The molecule has 1 aliphatic heterocycles. The summed E-state index contributed by atoms with van der Waals surface area (Å²) in [6, 6.07) is 11.9. The Hall–Kier alpha value is -1.41. The van der Waals surface area contributed by atoms with Gasteiger partial charge in [-0.15, -0.1) is 0 Å². The Morgan fingerprint density at radius 1 is 1.30 bits per heavy atom. The SMILES string of the molecule is C[C@@H]1CN(CCC(N)(C#N)c2ccccc2)C[C@H](C)O1. The minimum Gasteiger partial charge on any atom is -0.373 e. The van der Waals surface area contributed by atoms with E-state index in [1.807, 2.05) is 30.3 Å². The molecular formula is C16H23N3O. The van der Waals surface area contributed by atoms with E-state index in [9.17, 15) is 5.26 Å². The molecule has 1 fully saturated rings. The Morgan fingerprint density at radius 3 is 2.45 bits per heavy atom. The Bertz CT molecular complexity index is 460. The van der Waals surface area contributed by atoms with Crippen molar-refractivity contribution in [2.24, 2.45) is 5.73 Å². The summed E-state index contributed by atoms with van der Waals surface area (Å²) in [7, 11) is 0. The number of rotatable bonds is 4. The maximum atomic E-state index is 9.45. The fraction of sp³-hybridized carbons (Fsp3) is 0.562. The highest BCUT2D eigenvalue weighted by atomic mass is 16.5. The molecule has 0 radical (unpaired) electrons. The van der Waals surface area contributed by atoms with Gasteiger partial charge in [-0.3, -0.25) is 4.90 Å². The lowest BCUT2D eigenvalue weighted by Crippen LogP contribution is -2.48. The van der Waals surface area contributed by atoms with E-state index in [4.69, 9.17) is 10.5 Å². The van der Waals surface area contributed by atoms with E-state index < -0.39 is 5.54 Å². The molecule has 0 saturated carbocycles. The van der Waals surface area contributed by atoms with Gasteiger partial charge in [0.15, 0.2) is 0 Å². The lowest BCUT2D eigenvalue weighted by molar-refractivity contribution is -0.0688. The second-order valence-corrected chi connectivity index (χ2v) is 5.72. The van der Waals surface area contributed by atoms with Crippen LogP contribution in [0.15, 0.2) is 30.3 Å². The van der Waals surface area contributed by atoms with Crippen LogP contribution in [0.1, 0.15) is 25.8 Å². The van der Waals surface area contributed by atoms with E-state index in [-0.39, 0.29) is 12.2 Å². The monoisotopic (exact) mass is 273 g/mol. The lowest BCUT2D eigenvalue weighted by atomic mass is 9.89. The molecule has 1 aliphatic rings. The summed E-state index contributed by atoms with van der Waals surface area (Å²) < 4.78 is 5.72. The van der Waals surface area contributed by atoms with Crippen LogP contribution in [0, 0.1) is 11.3 Å². The highest BCUT2D eigenvalue weighted by Gasteiger charge is 2.29. The van der Waals surface area contributed by atoms with Crippen LogP contribution in [0.2, 0.25) is 0 Å². The Morgan fingerprint density at radius 2 is 1.90 bits per heavy atom. The molecule has 1 aromatic rings. The molecule has 2 rings (SSSR count). The number of nitrogens with zero attached hydrogens (tertiary/aromatic N) is 2. The van der Waals surface area contributed by atoms with Gasteiger partial charge in [0.1, 0.15) is 5.54 Å². The highest BCUT2D eigenvalue weighted by molar-refractivity contribution is 5.30. The summed E-state index contributed by atoms with van der Waals surface area (Å²) in [5, 5.41) is 9.45. The number of hydrogen-bond donors (Lipinski definition) is 1. The summed E-state index contributed by atoms with van der Waals surface area (Å²) in [5.74, 6) is 0. The van der Waals surface area contributed by atoms with Crippen molar-refractivity contribution in [3.63, 3.8) is 0 Å².